The van der Waals surface area contributed by atoms with Crippen LogP contribution in [0.15, 0.2) is 30.6 Å². The van der Waals surface area contributed by atoms with Gasteiger partial charge in [-0.15, -0.1) is 11.3 Å². The normalized spacial score (nSPS) is 15.5. The molecule has 2 aliphatic carbocycles. The van der Waals surface area contributed by atoms with E-state index in [-0.39, 0.29) is 23.3 Å². The second-order valence-electron chi connectivity index (χ2n) is 10.8. The standard InChI is InChI=1S/C26H33N7O2S/c1-26(2,3)20-13-22(33(32-20)15-17-4-5-17)30-24(35)31-25-28-14-19(36-25)9-6-16-10-11-27-21(12-16)29-23(34)18-7-8-18/h10-14,17-18H,4-9,15H2,1-3H3,(H,27,29,34)(H2,28,30,31,35). The summed E-state index contributed by atoms with van der Waals surface area (Å²) in [7, 11) is 0. The van der Waals surface area contributed by atoms with Crippen molar-refractivity contribution < 1.29 is 9.59 Å². The van der Waals surface area contributed by atoms with Crippen molar-refractivity contribution in [2.45, 2.75) is 71.3 Å². The first-order valence-electron chi connectivity index (χ1n) is 12.6. The lowest BCUT2D eigenvalue weighted by Gasteiger charge is -2.14. The molecule has 0 atom stereocenters. The van der Waals surface area contributed by atoms with Gasteiger partial charge in [0.1, 0.15) is 11.6 Å². The lowest BCUT2D eigenvalue weighted by atomic mass is 9.92. The zero-order valence-corrected chi connectivity index (χ0v) is 21.8. The molecule has 0 aliphatic heterocycles. The minimum absolute atomic E-state index is 0.0568. The van der Waals surface area contributed by atoms with E-state index in [1.54, 1.807) is 12.4 Å². The van der Waals surface area contributed by atoms with E-state index < -0.39 is 0 Å². The first kappa shape index (κ1) is 24.4. The Kier molecular flexibility index (Phi) is 6.79. The van der Waals surface area contributed by atoms with Crippen LogP contribution in [0.1, 0.15) is 62.6 Å². The number of aromatic nitrogens is 4. The van der Waals surface area contributed by atoms with Crippen molar-refractivity contribution in [1.82, 2.24) is 19.7 Å². The molecular weight excluding hydrogens is 474 g/mol. The molecule has 5 rings (SSSR count). The van der Waals surface area contributed by atoms with Gasteiger partial charge in [0, 0.05) is 41.2 Å². The first-order chi connectivity index (χ1) is 17.2. The molecule has 0 aromatic carbocycles. The van der Waals surface area contributed by atoms with Gasteiger partial charge in [-0.25, -0.2) is 19.4 Å². The molecular formula is C26H33N7O2S. The predicted molar refractivity (Wildman–Crippen MR) is 141 cm³/mol. The molecule has 3 aromatic rings. The van der Waals surface area contributed by atoms with Gasteiger partial charge in [0.25, 0.3) is 0 Å². The highest BCUT2D eigenvalue weighted by molar-refractivity contribution is 7.15. The van der Waals surface area contributed by atoms with E-state index in [1.165, 1.54) is 24.2 Å². The van der Waals surface area contributed by atoms with Crippen LogP contribution >= 0.6 is 11.3 Å². The summed E-state index contributed by atoms with van der Waals surface area (Å²) in [6.07, 6.45) is 9.46. The number of nitrogens with zero attached hydrogens (tertiary/aromatic N) is 4. The van der Waals surface area contributed by atoms with Crippen LogP contribution < -0.4 is 16.0 Å². The number of hydrogen-bond donors (Lipinski definition) is 3. The molecule has 190 valence electrons. The van der Waals surface area contributed by atoms with E-state index in [4.69, 9.17) is 5.10 Å². The van der Waals surface area contributed by atoms with Gasteiger partial charge in [0.2, 0.25) is 5.91 Å². The molecule has 3 aromatic heterocycles. The minimum atomic E-state index is -0.321. The monoisotopic (exact) mass is 507 g/mol. The van der Waals surface area contributed by atoms with Gasteiger partial charge in [-0.05, 0) is 62.1 Å². The first-order valence-corrected chi connectivity index (χ1v) is 13.4. The molecule has 0 unspecified atom stereocenters. The molecule has 3 N–H and O–H groups in total. The molecule has 2 aliphatic rings. The molecule has 10 heteroatoms. The third-order valence-corrected chi connectivity index (χ3v) is 7.35. The van der Waals surface area contributed by atoms with Crippen LogP contribution in [-0.4, -0.2) is 31.7 Å². The predicted octanol–water partition coefficient (Wildman–Crippen LogP) is 5.22. The molecule has 9 nitrogen and oxygen atoms in total. The van der Waals surface area contributed by atoms with Crippen LogP contribution in [0, 0.1) is 11.8 Å². The number of hydrogen-bond acceptors (Lipinski definition) is 6. The summed E-state index contributed by atoms with van der Waals surface area (Å²) in [6, 6.07) is 5.52. The number of aryl methyl sites for hydroxylation is 2. The maximum absolute atomic E-state index is 12.7. The fourth-order valence-electron chi connectivity index (χ4n) is 3.83. The fraction of sp³-hybridized carbons (Fsp3) is 0.500. The molecule has 0 bridgehead atoms. The minimum Gasteiger partial charge on any atom is -0.310 e. The van der Waals surface area contributed by atoms with Crippen LogP contribution in [0.25, 0.3) is 0 Å². The van der Waals surface area contributed by atoms with Gasteiger partial charge in [-0.2, -0.15) is 5.10 Å². The van der Waals surface area contributed by atoms with Crippen LogP contribution in [0.2, 0.25) is 0 Å². The topological polar surface area (TPSA) is 114 Å². The Hall–Kier alpha value is -3.27. The average Bonchev–Trinajstić information content (AvgIpc) is 3.74. The second-order valence-corrected chi connectivity index (χ2v) is 11.9. The average molecular weight is 508 g/mol. The lowest BCUT2D eigenvalue weighted by Crippen LogP contribution is -2.21. The number of carbonyl (C=O) groups is 2. The van der Waals surface area contributed by atoms with Crippen molar-refractivity contribution in [3.63, 3.8) is 0 Å². The Morgan fingerprint density at radius 3 is 2.58 bits per heavy atom. The van der Waals surface area contributed by atoms with Crippen LogP contribution in [0.3, 0.4) is 0 Å². The van der Waals surface area contributed by atoms with Crippen LogP contribution in [0.5, 0.6) is 0 Å². The summed E-state index contributed by atoms with van der Waals surface area (Å²) in [6.45, 7) is 7.19. The summed E-state index contributed by atoms with van der Waals surface area (Å²) in [5.41, 5.74) is 1.96. The smallest absolute Gasteiger partial charge is 0.310 e. The van der Waals surface area contributed by atoms with Crippen molar-refractivity contribution >= 4 is 40.0 Å². The van der Waals surface area contributed by atoms with E-state index >= 15 is 0 Å². The van der Waals surface area contributed by atoms with E-state index in [1.807, 2.05) is 22.9 Å². The number of amides is 3. The summed E-state index contributed by atoms with van der Waals surface area (Å²) in [5.74, 6) is 2.16. The third-order valence-electron chi connectivity index (χ3n) is 6.38. The molecule has 0 saturated heterocycles. The van der Waals surface area contributed by atoms with Crippen molar-refractivity contribution in [2.24, 2.45) is 11.8 Å². The van der Waals surface area contributed by atoms with E-state index in [0.29, 0.717) is 22.7 Å². The second kappa shape index (κ2) is 10.0. The molecule has 3 amide bonds. The van der Waals surface area contributed by atoms with Crippen molar-refractivity contribution in [3.05, 3.63) is 46.7 Å². The van der Waals surface area contributed by atoms with Crippen molar-refractivity contribution in [2.75, 3.05) is 16.0 Å². The number of urea groups is 1. The third kappa shape index (κ3) is 6.48. The molecule has 2 saturated carbocycles. The molecule has 0 spiro atoms. The largest absolute Gasteiger partial charge is 0.326 e. The summed E-state index contributed by atoms with van der Waals surface area (Å²) in [5, 5.41) is 14.0. The van der Waals surface area contributed by atoms with Gasteiger partial charge < -0.3 is 5.32 Å². The summed E-state index contributed by atoms with van der Waals surface area (Å²) < 4.78 is 1.92. The van der Waals surface area contributed by atoms with Crippen molar-refractivity contribution in [3.8, 4) is 0 Å². The lowest BCUT2D eigenvalue weighted by molar-refractivity contribution is -0.117. The number of nitrogens with one attached hydrogen (secondary N) is 3. The van der Waals surface area contributed by atoms with Crippen LogP contribution in [-0.2, 0) is 29.6 Å². The Bertz CT molecular complexity index is 1250. The zero-order valence-electron chi connectivity index (χ0n) is 21.0. The highest BCUT2D eigenvalue weighted by atomic mass is 32.1. The van der Waals surface area contributed by atoms with Gasteiger partial charge in [0.05, 0.1) is 5.69 Å². The number of anilines is 3. The summed E-state index contributed by atoms with van der Waals surface area (Å²) >= 11 is 1.46. The van der Waals surface area contributed by atoms with Crippen LogP contribution in [0.4, 0.5) is 21.6 Å². The molecule has 3 heterocycles. The number of carbonyl (C=O) groups excluding carboxylic acids is 2. The van der Waals surface area contributed by atoms with Gasteiger partial charge >= 0.3 is 6.03 Å². The zero-order chi connectivity index (χ0) is 25.3. The van der Waals surface area contributed by atoms with Crippen molar-refractivity contribution in [1.29, 1.82) is 0 Å². The van der Waals surface area contributed by atoms with Gasteiger partial charge in [0.15, 0.2) is 5.13 Å². The summed E-state index contributed by atoms with van der Waals surface area (Å²) in [4.78, 5) is 34.4. The Balaban J connectivity index is 1.15. The fourth-order valence-corrected chi connectivity index (χ4v) is 4.64. The van der Waals surface area contributed by atoms with Gasteiger partial charge in [-0.1, -0.05) is 20.8 Å². The molecule has 2 fully saturated rings. The number of pyridine rings is 1. The molecule has 0 radical (unpaired) electrons. The Morgan fingerprint density at radius 1 is 1.06 bits per heavy atom. The maximum atomic E-state index is 12.7. The SMILES string of the molecule is CC(C)(C)c1cc(NC(=O)Nc2ncc(CCc3ccnc(NC(=O)C4CC4)c3)s2)n(CC2CC2)n1. The number of rotatable bonds is 9. The highest BCUT2D eigenvalue weighted by Gasteiger charge is 2.30. The maximum Gasteiger partial charge on any atom is 0.326 e. The Labute approximate surface area is 215 Å². The number of thiazole rings is 1. The van der Waals surface area contributed by atoms with E-state index in [9.17, 15) is 9.59 Å². The quantitative estimate of drug-likeness (QED) is 0.367. The highest BCUT2D eigenvalue weighted by Crippen LogP contribution is 2.33. The molecule has 36 heavy (non-hydrogen) atoms. The van der Waals surface area contributed by atoms with E-state index in [0.717, 1.165) is 48.4 Å². The Morgan fingerprint density at radius 2 is 1.86 bits per heavy atom. The van der Waals surface area contributed by atoms with Gasteiger partial charge in [-0.3, -0.25) is 15.4 Å². The van der Waals surface area contributed by atoms with E-state index in [2.05, 4.69) is 46.7 Å².